The maximum atomic E-state index is 12.8. The predicted octanol–water partition coefficient (Wildman–Crippen LogP) is 4.59. The molecule has 2 aliphatic rings. The van der Waals surface area contributed by atoms with Gasteiger partial charge in [-0.25, -0.2) is 0 Å². The van der Waals surface area contributed by atoms with Crippen LogP contribution in [0, 0.1) is 5.92 Å². The number of aromatic nitrogens is 1. The summed E-state index contributed by atoms with van der Waals surface area (Å²) in [6.07, 6.45) is 8.80. The molecule has 2 aliphatic heterocycles. The SMILES string of the molecule is CCCCC(C)(CC)N=C1NC(=O)[C@@](C)(CC2CCN(C(=O)c3ccc[nH]3)CC2)S1. The van der Waals surface area contributed by atoms with Gasteiger partial charge in [-0.1, -0.05) is 38.5 Å². The number of nitrogens with zero attached hydrogens (tertiary/aromatic N) is 2. The Bertz CT molecular complexity index is 770. The molecule has 1 unspecified atom stereocenters. The van der Waals surface area contributed by atoms with Gasteiger partial charge < -0.3 is 15.2 Å². The zero-order valence-corrected chi connectivity index (χ0v) is 19.6. The first-order chi connectivity index (χ1) is 14.3. The van der Waals surface area contributed by atoms with Crippen molar-refractivity contribution < 1.29 is 9.59 Å². The van der Waals surface area contributed by atoms with Gasteiger partial charge in [0.25, 0.3) is 5.91 Å². The lowest BCUT2D eigenvalue weighted by Gasteiger charge is -2.34. The van der Waals surface area contributed by atoms with Gasteiger partial charge in [-0.3, -0.25) is 14.6 Å². The molecule has 6 nitrogen and oxygen atoms in total. The first kappa shape index (κ1) is 22.9. The quantitative estimate of drug-likeness (QED) is 0.630. The molecule has 2 amide bonds. The number of amides is 2. The highest BCUT2D eigenvalue weighted by molar-refractivity contribution is 8.16. The van der Waals surface area contributed by atoms with Crippen molar-refractivity contribution in [3.63, 3.8) is 0 Å². The van der Waals surface area contributed by atoms with Gasteiger partial charge in [0.15, 0.2) is 5.17 Å². The number of rotatable bonds is 8. The molecule has 0 saturated carbocycles. The Labute approximate surface area is 184 Å². The zero-order chi connectivity index (χ0) is 21.8. The Morgan fingerprint density at radius 3 is 2.70 bits per heavy atom. The standard InChI is InChI=1S/C23H36N4O2S/c1-5-7-12-22(3,6-2)26-21-25-20(29)23(4,30-21)16-17-10-14-27(15-11-17)19(28)18-9-8-13-24-18/h8-9,13,17,24H,5-7,10-12,14-16H2,1-4H3,(H,25,26,29)/t22?,23-/m1/s1. The average Bonchev–Trinajstić information content (AvgIpc) is 3.35. The van der Waals surface area contributed by atoms with E-state index < -0.39 is 4.75 Å². The minimum absolute atomic E-state index is 0.0676. The monoisotopic (exact) mass is 432 g/mol. The number of nitrogens with one attached hydrogen (secondary N) is 2. The van der Waals surface area contributed by atoms with Gasteiger partial charge >= 0.3 is 0 Å². The fourth-order valence-electron chi connectivity index (χ4n) is 4.34. The van der Waals surface area contributed by atoms with Gasteiger partial charge in [-0.2, -0.15) is 0 Å². The van der Waals surface area contributed by atoms with Crippen LogP contribution in [0.3, 0.4) is 0 Å². The molecular formula is C23H36N4O2S. The summed E-state index contributed by atoms with van der Waals surface area (Å²) in [5.74, 6) is 0.584. The molecule has 7 heteroatoms. The Balaban J connectivity index is 1.57. The number of piperidine rings is 1. The van der Waals surface area contributed by atoms with E-state index in [1.54, 1.807) is 18.0 Å². The largest absolute Gasteiger partial charge is 0.357 e. The van der Waals surface area contributed by atoms with Crippen LogP contribution in [0.15, 0.2) is 23.3 Å². The van der Waals surface area contributed by atoms with E-state index in [2.05, 4.69) is 31.1 Å². The highest BCUT2D eigenvalue weighted by Crippen LogP contribution is 2.41. The minimum atomic E-state index is -0.478. The van der Waals surface area contributed by atoms with E-state index in [0.29, 0.717) is 11.6 Å². The van der Waals surface area contributed by atoms with Crippen LogP contribution in [-0.2, 0) is 4.79 Å². The van der Waals surface area contributed by atoms with Gasteiger partial charge in [-0.05, 0) is 64.0 Å². The van der Waals surface area contributed by atoms with E-state index >= 15 is 0 Å². The molecule has 166 valence electrons. The summed E-state index contributed by atoms with van der Waals surface area (Å²) in [6.45, 7) is 10.1. The van der Waals surface area contributed by atoms with Crippen LogP contribution in [0.1, 0.15) is 83.1 Å². The van der Waals surface area contributed by atoms with Crippen molar-refractivity contribution in [1.29, 1.82) is 0 Å². The summed E-state index contributed by atoms with van der Waals surface area (Å²) in [6, 6.07) is 3.67. The van der Waals surface area contributed by atoms with E-state index in [9.17, 15) is 9.59 Å². The summed E-state index contributed by atoms with van der Waals surface area (Å²) in [7, 11) is 0. The third-order valence-corrected chi connectivity index (χ3v) is 7.82. The molecular weight excluding hydrogens is 396 g/mol. The lowest BCUT2D eigenvalue weighted by atomic mass is 9.87. The van der Waals surface area contributed by atoms with E-state index in [1.165, 1.54) is 0 Å². The van der Waals surface area contributed by atoms with Crippen molar-refractivity contribution in [3.05, 3.63) is 24.0 Å². The lowest BCUT2D eigenvalue weighted by Crippen LogP contribution is -2.42. The second-order valence-electron chi connectivity index (χ2n) is 9.18. The number of unbranched alkanes of at least 4 members (excludes halogenated alkanes) is 1. The zero-order valence-electron chi connectivity index (χ0n) is 18.8. The number of aliphatic imine (C=N–C) groups is 1. The van der Waals surface area contributed by atoms with Crippen molar-refractivity contribution in [2.75, 3.05) is 13.1 Å². The van der Waals surface area contributed by atoms with Crippen molar-refractivity contribution in [1.82, 2.24) is 15.2 Å². The fourth-order valence-corrected chi connectivity index (χ4v) is 5.64. The fraction of sp³-hybridized carbons (Fsp3) is 0.696. The average molecular weight is 433 g/mol. The Kier molecular flexibility index (Phi) is 7.32. The third-order valence-electron chi connectivity index (χ3n) is 6.63. The van der Waals surface area contributed by atoms with Gasteiger partial charge in [0.05, 0.1) is 10.3 Å². The molecule has 1 aromatic heterocycles. The Hall–Kier alpha value is -1.76. The van der Waals surface area contributed by atoms with Gasteiger partial charge in [-0.15, -0.1) is 0 Å². The molecule has 3 rings (SSSR count). The number of hydrogen-bond acceptors (Lipinski definition) is 4. The van der Waals surface area contributed by atoms with E-state index in [-0.39, 0.29) is 17.4 Å². The maximum absolute atomic E-state index is 12.8. The number of amidine groups is 1. The molecule has 0 bridgehead atoms. The topological polar surface area (TPSA) is 77.6 Å². The predicted molar refractivity (Wildman–Crippen MR) is 124 cm³/mol. The van der Waals surface area contributed by atoms with E-state index in [1.807, 2.05) is 24.0 Å². The van der Waals surface area contributed by atoms with Crippen LogP contribution >= 0.6 is 11.8 Å². The number of likely N-dealkylation sites (tertiary alicyclic amines) is 1. The second kappa shape index (κ2) is 9.58. The van der Waals surface area contributed by atoms with Crippen LogP contribution in [0.2, 0.25) is 0 Å². The summed E-state index contributed by atoms with van der Waals surface area (Å²) in [5.41, 5.74) is 0.537. The van der Waals surface area contributed by atoms with Gasteiger partial charge in [0.2, 0.25) is 5.91 Å². The molecule has 2 fully saturated rings. The number of aromatic amines is 1. The van der Waals surface area contributed by atoms with Crippen LogP contribution in [-0.4, -0.2) is 50.2 Å². The van der Waals surface area contributed by atoms with Crippen LogP contribution in [0.4, 0.5) is 0 Å². The number of H-pyrrole nitrogens is 1. The van der Waals surface area contributed by atoms with Crippen molar-refractivity contribution in [2.45, 2.75) is 82.9 Å². The van der Waals surface area contributed by atoms with Crippen LogP contribution < -0.4 is 5.32 Å². The molecule has 0 radical (unpaired) electrons. The van der Waals surface area contributed by atoms with Crippen LogP contribution in [0.5, 0.6) is 0 Å². The molecule has 2 saturated heterocycles. The number of carbonyl (C=O) groups excluding carboxylic acids is 2. The summed E-state index contributed by atoms with van der Waals surface area (Å²) >= 11 is 1.60. The molecule has 2 atom stereocenters. The molecule has 0 spiro atoms. The van der Waals surface area contributed by atoms with Gasteiger partial charge in [0.1, 0.15) is 5.69 Å². The Morgan fingerprint density at radius 1 is 1.37 bits per heavy atom. The van der Waals surface area contributed by atoms with E-state index in [4.69, 9.17) is 4.99 Å². The normalized spacial score (nSPS) is 26.1. The number of thioether (sulfide) groups is 1. The summed E-state index contributed by atoms with van der Waals surface area (Å²) in [4.78, 5) is 35.2. The first-order valence-corrected chi connectivity index (χ1v) is 12.1. The van der Waals surface area contributed by atoms with Gasteiger partial charge in [0, 0.05) is 19.3 Å². The Morgan fingerprint density at radius 2 is 2.10 bits per heavy atom. The summed E-state index contributed by atoms with van der Waals surface area (Å²) < 4.78 is -0.478. The van der Waals surface area contributed by atoms with Crippen molar-refractivity contribution in [2.24, 2.45) is 10.9 Å². The highest BCUT2D eigenvalue weighted by atomic mass is 32.2. The smallest absolute Gasteiger partial charge is 0.270 e. The van der Waals surface area contributed by atoms with Crippen molar-refractivity contribution >= 4 is 28.7 Å². The van der Waals surface area contributed by atoms with Crippen molar-refractivity contribution in [3.8, 4) is 0 Å². The molecule has 30 heavy (non-hydrogen) atoms. The second-order valence-corrected chi connectivity index (χ2v) is 10.7. The maximum Gasteiger partial charge on any atom is 0.270 e. The number of carbonyl (C=O) groups is 2. The molecule has 1 aromatic rings. The molecule has 2 N–H and O–H groups in total. The third kappa shape index (κ3) is 5.29. The van der Waals surface area contributed by atoms with E-state index in [0.717, 1.165) is 63.2 Å². The minimum Gasteiger partial charge on any atom is -0.357 e. The molecule has 0 aromatic carbocycles. The lowest BCUT2D eigenvalue weighted by molar-refractivity contribution is -0.121. The summed E-state index contributed by atoms with van der Waals surface area (Å²) in [5, 5.41) is 3.83. The number of hydrogen-bond donors (Lipinski definition) is 2. The first-order valence-electron chi connectivity index (χ1n) is 11.3. The molecule has 0 aliphatic carbocycles. The van der Waals surface area contributed by atoms with Crippen LogP contribution in [0.25, 0.3) is 0 Å². The highest BCUT2D eigenvalue weighted by Gasteiger charge is 2.45. The molecule has 3 heterocycles.